The van der Waals surface area contributed by atoms with Gasteiger partial charge in [0, 0.05) is 0 Å². The molecular formula is C10HF21OS. The Morgan fingerprint density at radius 1 is 0.303 bits per heavy atom. The van der Waals surface area contributed by atoms with Gasteiger partial charge >= 0.3 is 59.7 Å². The van der Waals surface area contributed by atoms with Crippen molar-refractivity contribution in [3.05, 3.63) is 0 Å². The highest BCUT2D eigenvalue weighted by Crippen LogP contribution is 2.66. The van der Waals surface area contributed by atoms with Crippen molar-refractivity contribution in [3.8, 4) is 0 Å². The zero-order valence-corrected chi connectivity index (χ0v) is 14.7. The van der Waals surface area contributed by atoms with Gasteiger partial charge in [0.25, 0.3) is 0 Å². The number of thiol groups is 1. The highest BCUT2D eigenvalue weighted by Gasteiger charge is 2.98. The first-order valence-electron chi connectivity index (χ1n) is 6.61. The summed E-state index contributed by atoms with van der Waals surface area (Å²) in [4.78, 5) is 0. The first-order chi connectivity index (χ1) is 13.8. The Hall–Kier alpha value is -1.16. The molecule has 0 radical (unpaired) electrons. The van der Waals surface area contributed by atoms with E-state index in [2.05, 4.69) is 0 Å². The lowest BCUT2D eigenvalue weighted by Gasteiger charge is -2.44. The van der Waals surface area contributed by atoms with E-state index in [-0.39, 0.29) is 0 Å². The van der Waals surface area contributed by atoms with Crippen LogP contribution in [-0.2, 0) is 4.18 Å². The standard InChI is InChI=1S/C10HF21OS/c11-1(12,3(15,16)5(19,20)7(23,24)9(27,28)29)2(13,14)4(17,18)6(21,22)8(25,26)10(30,31)32-33/h33H. The SMILES string of the molecule is FC(F)(F)C(F)(F)C(F)(F)C(F)(F)C(F)(F)C(F)(F)C(F)(F)C(F)(F)C(F)(F)C(F)(F)OS. The second kappa shape index (κ2) is 7.67. The van der Waals surface area contributed by atoms with Crippen LogP contribution >= 0.6 is 12.9 Å². The molecule has 0 bridgehead atoms. The van der Waals surface area contributed by atoms with Crippen LogP contribution in [0.15, 0.2) is 0 Å². The summed E-state index contributed by atoms with van der Waals surface area (Å²) in [7, 11) is 0. The molecule has 200 valence electrons. The first-order valence-corrected chi connectivity index (χ1v) is 6.97. The van der Waals surface area contributed by atoms with Crippen molar-refractivity contribution >= 4 is 12.9 Å². The second-order valence-corrected chi connectivity index (χ2v) is 5.88. The number of alkyl halides is 21. The maximum atomic E-state index is 13.3. The van der Waals surface area contributed by atoms with Gasteiger partial charge in [-0.1, -0.05) is 0 Å². The molecule has 0 fully saturated rings. The van der Waals surface area contributed by atoms with E-state index in [1.807, 2.05) is 4.18 Å². The van der Waals surface area contributed by atoms with Gasteiger partial charge in [0.2, 0.25) is 0 Å². The van der Waals surface area contributed by atoms with Crippen LogP contribution < -0.4 is 0 Å². The molecular weight excluding hydrogens is 567 g/mol. The van der Waals surface area contributed by atoms with Crippen LogP contribution in [0.4, 0.5) is 92.2 Å². The molecule has 0 amide bonds. The molecule has 1 nitrogen and oxygen atoms in total. The van der Waals surface area contributed by atoms with Gasteiger partial charge < -0.3 is 0 Å². The van der Waals surface area contributed by atoms with E-state index < -0.39 is 59.7 Å². The molecule has 23 heteroatoms. The number of hydrogen-bond acceptors (Lipinski definition) is 2. The smallest absolute Gasteiger partial charge is 0.247 e. The molecule has 0 heterocycles. The molecule has 0 aromatic carbocycles. The predicted octanol–water partition coefficient (Wildman–Crippen LogP) is 7.09. The minimum absolute atomic E-state index is 1.74. The fourth-order valence-corrected chi connectivity index (χ4v) is 1.72. The number of rotatable bonds is 9. The number of hydrogen-bond donors (Lipinski definition) is 1. The van der Waals surface area contributed by atoms with Crippen LogP contribution in [0.2, 0.25) is 0 Å². The number of halogens is 21. The minimum Gasteiger partial charge on any atom is -0.247 e. The third kappa shape index (κ3) is 3.74. The summed E-state index contributed by atoms with van der Waals surface area (Å²) in [6.07, 6.45) is -15.1. The second-order valence-electron chi connectivity index (χ2n) is 5.70. The van der Waals surface area contributed by atoms with E-state index in [0.717, 1.165) is 0 Å². The Kier molecular flexibility index (Phi) is 7.40. The molecule has 0 saturated heterocycles. The highest BCUT2D eigenvalue weighted by atomic mass is 32.1. The van der Waals surface area contributed by atoms with Crippen LogP contribution in [0.5, 0.6) is 0 Å². The molecule has 33 heavy (non-hydrogen) atoms. The highest BCUT2D eigenvalue weighted by molar-refractivity contribution is 7.75. The molecule has 0 atom stereocenters. The molecule has 0 spiro atoms. The Labute approximate surface area is 170 Å². The Balaban J connectivity index is 7.03. The molecule has 0 unspecified atom stereocenters. The Morgan fingerprint density at radius 3 is 0.667 bits per heavy atom. The summed E-state index contributed by atoms with van der Waals surface area (Å²) in [5, 5.41) is 0. The van der Waals surface area contributed by atoms with Crippen LogP contribution in [0.25, 0.3) is 0 Å². The van der Waals surface area contributed by atoms with Crippen LogP contribution in [-0.4, -0.2) is 59.7 Å². The molecule has 0 aromatic heterocycles. The lowest BCUT2D eigenvalue weighted by molar-refractivity contribution is -0.480. The molecule has 0 rings (SSSR count). The molecule has 0 saturated carbocycles. The van der Waals surface area contributed by atoms with Crippen LogP contribution in [0.3, 0.4) is 0 Å². The fourth-order valence-electron chi connectivity index (χ4n) is 1.60. The van der Waals surface area contributed by atoms with Crippen LogP contribution in [0.1, 0.15) is 0 Å². The largest absolute Gasteiger partial charge is 0.460 e. The monoisotopic (exact) mass is 568 g/mol. The molecule has 0 aliphatic rings. The fraction of sp³-hybridized carbons (Fsp3) is 1.00. The van der Waals surface area contributed by atoms with Gasteiger partial charge in [-0.05, 0) is 12.9 Å². The first kappa shape index (κ1) is 31.8. The topological polar surface area (TPSA) is 9.23 Å². The van der Waals surface area contributed by atoms with Gasteiger partial charge in [-0.2, -0.15) is 92.2 Å². The third-order valence-corrected chi connectivity index (χ3v) is 3.83. The van der Waals surface area contributed by atoms with Crippen molar-refractivity contribution in [1.29, 1.82) is 0 Å². The van der Waals surface area contributed by atoms with E-state index in [1.54, 1.807) is 12.9 Å². The van der Waals surface area contributed by atoms with Gasteiger partial charge in [0.05, 0.1) is 0 Å². The molecule has 0 N–H and O–H groups in total. The zero-order valence-electron chi connectivity index (χ0n) is 13.8. The summed E-state index contributed by atoms with van der Waals surface area (Å²) in [5.41, 5.74) is 0. The van der Waals surface area contributed by atoms with Crippen LogP contribution in [0, 0.1) is 0 Å². The molecule has 0 aliphatic heterocycles. The summed E-state index contributed by atoms with van der Waals surface area (Å²) in [6.45, 7) is 0. The minimum atomic E-state index is -9.18. The van der Waals surface area contributed by atoms with Crippen molar-refractivity contribution in [2.24, 2.45) is 0 Å². The van der Waals surface area contributed by atoms with Gasteiger partial charge in [-0.25, -0.2) is 4.18 Å². The summed E-state index contributed by atoms with van der Waals surface area (Å²) in [6, 6.07) is 0. The maximum absolute atomic E-state index is 13.3. The van der Waals surface area contributed by atoms with Gasteiger partial charge in [0.1, 0.15) is 0 Å². The predicted molar refractivity (Wildman–Crippen MR) is 60.6 cm³/mol. The van der Waals surface area contributed by atoms with E-state index >= 15 is 0 Å². The summed E-state index contributed by atoms with van der Waals surface area (Å²) < 4.78 is 271. The molecule has 0 aromatic rings. The van der Waals surface area contributed by atoms with E-state index in [0.29, 0.717) is 0 Å². The van der Waals surface area contributed by atoms with Crippen molar-refractivity contribution in [3.63, 3.8) is 0 Å². The van der Waals surface area contributed by atoms with Crippen molar-refractivity contribution in [2.75, 3.05) is 0 Å². The maximum Gasteiger partial charge on any atom is 0.460 e. The Bertz CT molecular complexity index is 719. The van der Waals surface area contributed by atoms with E-state index in [4.69, 9.17) is 0 Å². The molecule has 0 aliphatic carbocycles. The normalized spacial score (nSPS) is 16.9. The van der Waals surface area contributed by atoms with Crippen molar-refractivity contribution in [2.45, 2.75) is 59.7 Å². The quantitative estimate of drug-likeness (QED) is 0.178. The van der Waals surface area contributed by atoms with Gasteiger partial charge in [-0.3, -0.25) is 0 Å². The average molecular weight is 568 g/mol. The van der Waals surface area contributed by atoms with E-state index in [1.165, 1.54) is 0 Å². The van der Waals surface area contributed by atoms with Gasteiger partial charge in [0.15, 0.2) is 0 Å². The van der Waals surface area contributed by atoms with Crippen molar-refractivity contribution < 1.29 is 96.4 Å². The summed E-state index contributed by atoms with van der Waals surface area (Å²) in [5.74, 6) is -70.5. The Morgan fingerprint density at radius 2 is 0.485 bits per heavy atom. The zero-order chi connectivity index (χ0) is 27.7. The van der Waals surface area contributed by atoms with Crippen molar-refractivity contribution in [1.82, 2.24) is 0 Å². The van der Waals surface area contributed by atoms with E-state index in [9.17, 15) is 92.2 Å². The lowest BCUT2D eigenvalue weighted by atomic mass is 9.87. The third-order valence-electron chi connectivity index (χ3n) is 3.60. The van der Waals surface area contributed by atoms with Gasteiger partial charge in [-0.15, -0.1) is 0 Å². The average Bonchev–Trinajstić information content (AvgIpc) is 2.59. The summed E-state index contributed by atoms with van der Waals surface area (Å²) >= 11 is 1.74. The lowest BCUT2D eigenvalue weighted by Crippen LogP contribution is -2.76.